The molecule has 1 aliphatic rings. The molecule has 1 aromatic carbocycles. The topological polar surface area (TPSA) is 55.4 Å². The number of esters is 1. The lowest BCUT2D eigenvalue weighted by atomic mass is 9.98. The van der Waals surface area contributed by atoms with Crippen LogP contribution in [0.4, 0.5) is 0 Å². The molecular formula is C13H15NO3. The third-order valence-electron chi connectivity index (χ3n) is 2.98. The Kier molecular flexibility index (Phi) is 3.42. The second kappa shape index (κ2) is 4.99. The lowest BCUT2D eigenvalue weighted by Gasteiger charge is -2.15. The summed E-state index contributed by atoms with van der Waals surface area (Å²) >= 11 is 0. The van der Waals surface area contributed by atoms with Crippen LogP contribution in [0.1, 0.15) is 19.8 Å². The number of nitrogens with one attached hydrogen (secondary N) is 1. The molecule has 1 saturated heterocycles. The zero-order valence-electron chi connectivity index (χ0n) is 9.68. The zero-order chi connectivity index (χ0) is 12.3. The zero-order valence-corrected chi connectivity index (χ0v) is 9.68. The van der Waals surface area contributed by atoms with E-state index in [1.807, 2.05) is 13.0 Å². The minimum absolute atomic E-state index is 0.0405. The molecule has 0 aliphatic carbocycles. The summed E-state index contributed by atoms with van der Waals surface area (Å²) < 4.78 is 5.23. The highest BCUT2D eigenvalue weighted by Crippen LogP contribution is 2.22. The maximum Gasteiger partial charge on any atom is 0.334 e. The maximum absolute atomic E-state index is 11.9. The van der Waals surface area contributed by atoms with Crippen LogP contribution in [0.25, 0.3) is 0 Å². The summed E-state index contributed by atoms with van der Waals surface area (Å²) in [6.07, 6.45) is 1.19. The number of hydrogen-bond acceptors (Lipinski definition) is 3. The second-order valence-corrected chi connectivity index (χ2v) is 4.15. The lowest BCUT2D eigenvalue weighted by Crippen LogP contribution is -2.39. The Hall–Kier alpha value is -1.84. The molecule has 0 aromatic heterocycles. The monoisotopic (exact) mass is 233 g/mol. The summed E-state index contributed by atoms with van der Waals surface area (Å²) in [7, 11) is 0. The van der Waals surface area contributed by atoms with Gasteiger partial charge in [0.2, 0.25) is 5.91 Å². The molecule has 0 spiro atoms. The van der Waals surface area contributed by atoms with Gasteiger partial charge >= 0.3 is 5.97 Å². The average Bonchev–Trinajstić information content (AvgIpc) is 2.72. The number of para-hydroxylation sites is 1. The van der Waals surface area contributed by atoms with Gasteiger partial charge in [-0.05, 0) is 18.1 Å². The largest absolute Gasteiger partial charge is 0.425 e. The Balaban J connectivity index is 2.03. The van der Waals surface area contributed by atoms with E-state index < -0.39 is 6.04 Å². The third-order valence-corrected chi connectivity index (χ3v) is 2.98. The summed E-state index contributed by atoms with van der Waals surface area (Å²) in [6, 6.07) is 8.38. The molecular weight excluding hydrogens is 218 g/mol. The first-order chi connectivity index (χ1) is 8.20. The molecule has 1 aliphatic heterocycles. The maximum atomic E-state index is 11.9. The number of carbonyl (C=O) groups excluding carboxylic acids is 2. The summed E-state index contributed by atoms with van der Waals surface area (Å²) in [6.45, 7) is 1.97. The molecule has 1 aromatic rings. The van der Waals surface area contributed by atoms with Crippen molar-refractivity contribution in [3.63, 3.8) is 0 Å². The predicted molar refractivity (Wildman–Crippen MR) is 62.4 cm³/mol. The van der Waals surface area contributed by atoms with Gasteiger partial charge in [0, 0.05) is 6.42 Å². The highest BCUT2D eigenvalue weighted by Gasteiger charge is 2.37. The Morgan fingerprint density at radius 1 is 1.41 bits per heavy atom. The first-order valence-electron chi connectivity index (χ1n) is 5.77. The molecule has 0 saturated carbocycles. The SMILES string of the molecule is CCC1CC(=O)NC1C(=O)Oc1ccccc1. The molecule has 90 valence electrons. The fourth-order valence-corrected chi connectivity index (χ4v) is 2.01. The first kappa shape index (κ1) is 11.6. The van der Waals surface area contributed by atoms with Gasteiger partial charge in [-0.3, -0.25) is 4.79 Å². The van der Waals surface area contributed by atoms with Crippen LogP contribution < -0.4 is 10.1 Å². The van der Waals surface area contributed by atoms with Crippen LogP contribution in [-0.2, 0) is 9.59 Å². The van der Waals surface area contributed by atoms with Gasteiger partial charge in [-0.2, -0.15) is 0 Å². The molecule has 2 unspecified atom stereocenters. The molecule has 1 heterocycles. The Labute approximate surface area is 100.0 Å². The van der Waals surface area contributed by atoms with Crippen molar-refractivity contribution in [2.45, 2.75) is 25.8 Å². The quantitative estimate of drug-likeness (QED) is 0.636. The molecule has 4 nitrogen and oxygen atoms in total. The number of benzene rings is 1. The van der Waals surface area contributed by atoms with E-state index in [1.54, 1.807) is 24.3 Å². The molecule has 1 fully saturated rings. The van der Waals surface area contributed by atoms with Crippen molar-refractivity contribution in [2.75, 3.05) is 0 Å². The summed E-state index contributed by atoms with van der Waals surface area (Å²) in [5.74, 6) is 0.0907. The Morgan fingerprint density at radius 3 is 2.76 bits per heavy atom. The number of ether oxygens (including phenoxy) is 1. The summed E-state index contributed by atoms with van der Waals surface area (Å²) in [5, 5.41) is 2.66. The summed E-state index contributed by atoms with van der Waals surface area (Å²) in [5.41, 5.74) is 0. The van der Waals surface area contributed by atoms with Crippen LogP contribution in [0.5, 0.6) is 5.75 Å². The highest BCUT2D eigenvalue weighted by molar-refractivity contribution is 5.89. The van der Waals surface area contributed by atoms with E-state index in [-0.39, 0.29) is 17.8 Å². The number of carbonyl (C=O) groups is 2. The van der Waals surface area contributed by atoms with Crippen LogP contribution in [0.15, 0.2) is 30.3 Å². The van der Waals surface area contributed by atoms with E-state index in [9.17, 15) is 9.59 Å². The van der Waals surface area contributed by atoms with Crippen molar-refractivity contribution in [3.8, 4) is 5.75 Å². The van der Waals surface area contributed by atoms with Gasteiger partial charge in [0.25, 0.3) is 0 Å². The van der Waals surface area contributed by atoms with E-state index in [0.717, 1.165) is 6.42 Å². The third kappa shape index (κ3) is 2.64. The van der Waals surface area contributed by atoms with Gasteiger partial charge in [0.1, 0.15) is 11.8 Å². The number of hydrogen-bond donors (Lipinski definition) is 1. The van der Waals surface area contributed by atoms with E-state index >= 15 is 0 Å². The molecule has 1 N–H and O–H groups in total. The van der Waals surface area contributed by atoms with Crippen molar-refractivity contribution in [2.24, 2.45) is 5.92 Å². The van der Waals surface area contributed by atoms with E-state index in [0.29, 0.717) is 12.2 Å². The molecule has 4 heteroatoms. The van der Waals surface area contributed by atoms with Gasteiger partial charge in [-0.15, -0.1) is 0 Å². The van der Waals surface area contributed by atoms with Crippen LogP contribution in [0, 0.1) is 5.92 Å². The van der Waals surface area contributed by atoms with Gasteiger partial charge in [0.05, 0.1) is 0 Å². The molecule has 0 radical (unpaired) electrons. The molecule has 2 rings (SSSR count). The minimum atomic E-state index is -0.507. The number of amides is 1. The van der Waals surface area contributed by atoms with Crippen molar-refractivity contribution >= 4 is 11.9 Å². The normalized spacial score (nSPS) is 23.2. The average molecular weight is 233 g/mol. The number of rotatable bonds is 3. The lowest BCUT2D eigenvalue weighted by molar-refractivity contribution is -0.138. The predicted octanol–water partition coefficient (Wildman–Crippen LogP) is 1.51. The van der Waals surface area contributed by atoms with Gasteiger partial charge < -0.3 is 10.1 Å². The fourth-order valence-electron chi connectivity index (χ4n) is 2.01. The van der Waals surface area contributed by atoms with E-state index in [1.165, 1.54) is 0 Å². The molecule has 2 atom stereocenters. The van der Waals surface area contributed by atoms with Crippen molar-refractivity contribution in [3.05, 3.63) is 30.3 Å². The van der Waals surface area contributed by atoms with Crippen molar-refractivity contribution in [1.29, 1.82) is 0 Å². The van der Waals surface area contributed by atoms with Gasteiger partial charge in [-0.25, -0.2) is 4.79 Å². The minimum Gasteiger partial charge on any atom is -0.425 e. The Bertz CT molecular complexity index is 416. The van der Waals surface area contributed by atoms with Crippen molar-refractivity contribution in [1.82, 2.24) is 5.32 Å². The fraction of sp³-hybridized carbons (Fsp3) is 0.385. The molecule has 1 amide bonds. The van der Waals surface area contributed by atoms with Gasteiger partial charge in [0.15, 0.2) is 0 Å². The van der Waals surface area contributed by atoms with Crippen molar-refractivity contribution < 1.29 is 14.3 Å². The Morgan fingerprint density at radius 2 is 2.12 bits per heavy atom. The first-order valence-corrected chi connectivity index (χ1v) is 5.77. The van der Waals surface area contributed by atoms with Gasteiger partial charge in [-0.1, -0.05) is 31.5 Å². The van der Waals surface area contributed by atoms with Crippen LogP contribution >= 0.6 is 0 Å². The van der Waals surface area contributed by atoms with Crippen LogP contribution in [-0.4, -0.2) is 17.9 Å². The van der Waals surface area contributed by atoms with Crippen LogP contribution in [0.3, 0.4) is 0 Å². The standard InChI is InChI=1S/C13H15NO3/c1-2-9-8-11(15)14-12(9)13(16)17-10-6-4-3-5-7-10/h3-7,9,12H,2,8H2,1H3,(H,14,15). The molecule has 0 bridgehead atoms. The second-order valence-electron chi connectivity index (χ2n) is 4.15. The van der Waals surface area contributed by atoms with E-state index in [2.05, 4.69) is 5.32 Å². The summed E-state index contributed by atoms with van der Waals surface area (Å²) in [4.78, 5) is 23.2. The molecule has 17 heavy (non-hydrogen) atoms. The highest BCUT2D eigenvalue weighted by atomic mass is 16.5. The van der Waals surface area contributed by atoms with Crippen LogP contribution in [0.2, 0.25) is 0 Å². The smallest absolute Gasteiger partial charge is 0.334 e. The van der Waals surface area contributed by atoms with E-state index in [4.69, 9.17) is 4.74 Å².